The van der Waals surface area contributed by atoms with Gasteiger partial charge in [0.05, 0.1) is 5.02 Å². The van der Waals surface area contributed by atoms with Crippen LogP contribution in [0.25, 0.3) is 0 Å². The van der Waals surface area contributed by atoms with Crippen molar-refractivity contribution in [1.29, 1.82) is 0 Å². The Kier molecular flexibility index (Phi) is 4.43. The summed E-state index contributed by atoms with van der Waals surface area (Å²) < 4.78 is 5.80. The van der Waals surface area contributed by atoms with Crippen LogP contribution in [0.15, 0.2) is 18.2 Å². The van der Waals surface area contributed by atoms with Crippen molar-refractivity contribution >= 4 is 11.6 Å². The second-order valence-electron chi connectivity index (χ2n) is 6.57. The molecular weight excluding hydrogens is 286 g/mol. The first-order chi connectivity index (χ1) is 10.1. The van der Waals surface area contributed by atoms with E-state index < -0.39 is 5.60 Å². The molecule has 1 aliphatic carbocycles. The van der Waals surface area contributed by atoms with Crippen LogP contribution < -0.4 is 4.74 Å². The van der Waals surface area contributed by atoms with Gasteiger partial charge < -0.3 is 14.7 Å². The van der Waals surface area contributed by atoms with Crippen LogP contribution in [0, 0.1) is 6.92 Å². The first-order valence-corrected chi connectivity index (χ1v) is 8.29. The molecule has 2 fully saturated rings. The maximum atomic E-state index is 10.7. The third-order valence-corrected chi connectivity index (χ3v) is 5.22. The van der Waals surface area contributed by atoms with Crippen molar-refractivity contribution in [2.24, 2.45) is 0 Å². The summed E-state index contributed by atoms with van der Waals surface area (Å²) in [5.41, 5.74) is 0.397. The van der Waals surface area contributed by atoms with Crippen molar-refractivity contribution in [1.82, 2.24) is 4.90 Å². The average molecular weight is 310 g/mol. The monoisotopic (exact) mass is 309 g/mol. The van der Waals surface area contributed by atoms with Crippen LogP contribution >= 0.6 is 11.6 Å². The molecule has 3 rings (SSSR count). The van der Waals surface area contributed by atoms with Gasteiger partial charge in [-0.25, -0.2) is 0 Å². The second-order valence-corrected chi connectivity index (χ2v) is 6.97. The van der Waals surface area contributed by atoms with Crippen molar-refractivity contribution in [2.45, 2.75) is 50.7 Å². The zero-order chi connectivity index (χ0) is 14.9. The predicted molar refractivity (Wildman–Crippen MR) is 85.1 cm³/mol. The van der Waals surface area contributed by atoms with Crippen LogP contribution in [0.5, 0.6) is 5.75 Å². The number of hydrogen-bond acceptors (Lipinski definition) is 3. The molecule has 1 aromatic carbocycles. The lowest BCUT2D eigenvalue weighted by Crippen LogP contribution is -2.52. The molecule has 0 aromatic heterocycles. The van der Waals surface area contributed by atoms with Gasteiger partial charge in [-0.05, 0) is 50.3 Å². The molecule has 0 unspecified atom stereocenters. The molecule has 1 aromatic rings. The van der Waals surface area contributed by atoms with Gasteiger partial charge in [0, 0.05) is 19.1 Å². The van der Waals surface area contributed by atoms with Gasteiger partial charge in [0.25, 0.3) is 0 Å². The van der Waals surface area contributed by atoms with Gasteiger partial charge in [-0.15, -0.1) is 0 Å². The third kappa shape index (κ3) is 3.53. The molecule has 0 amide bonds. The molecule has 1 saturated carbocycles. The van der Waals surface area contributed by atoms with E-state index in [2.05, 4.69) is 4.90 Å². The number of halogens is 1. The van der Waals surface area contributed by atoms with E-state index in [-0.39, 0.29) is 0 Å². The van der Waals surface area contributed by atoms with Gasteiger partial charge in [0.15, 0.2) is 0 Å². The molecule has 1 N–H and O–H groups in total. The minimum Gasteiger partial charge on any atom is -0.489 e. The zero-order valence-electron chi connectivity index (χ0n) is 12.6. The molecular formula is C17H24ClNO2. The molecule has 1 saturated heterocycles. The van der Waals surface area contributed by atoms with E-state index in [9.17, 15) is 5.11 Å². The SMILES string of the molecule is Cc1ccc(Cl)c(OCC2(O)CCN(C3CCC3)CC2)c1. The smallest absolute Gasteiger partial charge is 0.138 e. The Bertz CT molecular complexity index is 494. The van der Waals surface area contributed by atoms with E-state index in [4.69, 9.17) is 16.3 Å². The molecule has 1 heterocycles. The van der Waals surface area contributed by atoms with E-state index in [0.29, 0.717) is 17.4 Å². The highest BCUT2D eigenvalue weighted by Gasteiger charge is 2.36. The van der Waals surface area contributed by atoms with E-state index in [0.717, 1.165) is 37.5 Å². The number of hydrogen-bond donors (Lipinski definition) is 1. The summed E-state index contributed by atoms with van der Waals surface area (Å²) in [7, 11) is 0. The molecule has 0 radical (unpaired) electrons. The van der Waals surface area contributed by atoms with Crippen molar-refractivity contribution in [3.8, 4) is 5.75 Å². The Labute approximate surface area is 131 Å². The number of aliphatic hydroxyl groups is 1. The van der Waals surface area contributed by atoms with Gasteiger partial charge in [-0.3, -0.25) is 0 Å². The number of ether oxygens (including phenoxy) is 1. The zero-order valence-corrected chi connectivity index (χ0v) is 13.4. The van der Waals surface area contributed by atoms with E-state index in [1.165, 1.54) is 19.3 Å². The molecule has 0 spiro atoms. The molecule has 0 bridgehead atoms. The van der Waals surface area contributed by atoms with E-state index in [1.54, 1.807) is 0 Å². The fourth-order valence-corrected chi connectivity index (χ4v) is 3.31. The standard InChI is InChI=1S/C17H24ClNO2/c1-13-5-6-15(18)16(11-13)21-12-17(20)7-9-19(10-8-17)14-3-2-4-14/h5-6,11,14,20H,2-4,7-10,12H2,1H3. The number of likely N-dealkylation sites (tertiary alicyclic amines) is 1. The minimum atomic E-state index is -0.715. The van der Waals surface area contributed by atoms with Gasteiger partial charge in [-0.2, -0.15) is 0 Å². The fourth-order valence-electron chi connectivity index (χ4n) is 3.13. The largest absolute Gasteiger partial charge is 0.489 e. The van der Waals surface area contributed by atoms with Crippen molar-refractivity contribution in [2.75, 3.05) is 19.7 Å². The van der Waals surface area contributed by atoms with E-state index >= 15 is 0 Å². The normalized spacial score (nSPS) is 22.8. The van der Waals surface area contributed by atoms with E-state index in [1.807, 2.05) is 25.1 Å². The molecule has 2 aliphatic rings. The quantitative estimate of drug-likeness (QED) is 0.925. The number of benzene rings is 1. The highest BCUT2D eigenvalue weighted by molar-refractivity contribution is 6.32. The summed E-state index contributed by atoms with van der Waals surface area (Å²) in [5, 5.41) is 11.3. The molecule has 4 heteroatoms. The van der Waals surface area contributed by atoms with Crippen LogP contribution in [0.4, 0.5) is 0 Å². The van der Waals surface area contributed by atoms with Gasteiger partial charge in [0.1, 0.15) is 18.0 Å². The maximum Gasteiger partial charge on any atom is 0.138 e. The van der Waals surface area contributed by atoms with Crippen molar-refractivity contribution in [3.05, 3.63) is 28.8 Å². The van der Waals surface area contributed by atoms with Gasteiger partial charge >= 0.3 is 0 Å². The maximum absolute atomic E-state index is 10.7. The Morgan fingerprint density at radius 1 is 1.33 bits per heavy atom. The average Bonchev–Trinajstić information content (AvgIpc) is 2.41. The Morgan fingerprint density at radius 3 is 2.67 bits per heavy atom. The molecule has 1 aliphatic heterocycles. The minimum absolute atomic E-state index is 0.328. The third-order valence-electron chi connectivity index (χ3n) is 4.90. The lowest BCUT2D eigenvalue weighted by atomic mass is 9.86. The number of nitrogens with zero attached hydrogens (tertiary/aromatic N) is 1. The molecule has 3 nitrogen and oxygen atoms in total. The summed E-state index contributed by atoms with van der Waals surface area (Å²) in [6.45, 7) is 4.29. The summed E-state index contributed by atoms with van der Waals surface area (Å²) in [4.78, 5) is 2.53. The Morgan fingerprint density at radius 2 is 2.05 bits per heavy atom. The Hall–Kier alpha value is -0.770. The van der Waals surface area contributed by atoms with Crippen LogP contribution in [-0.2, 0) is 0 Å². The summed E-state index contributed by atoms with van der Waals surface area (Å²) >= 11 is 6.14. The second kappa shape index (κ2) is 6.15. The van der Waals surface area contributed by atoms with Crippen LogP contribution in [0.1, 0.15) is 37.7 Å². The first-order valence-electron chi connectivity index (χ1n) is 7.91. The summed E-state index contributed by atoms with van der Waals surface area (Å²) in [6.07, 6.45) is 5.59. The van der Waals surface area contributed by atoms with Crippen LogP contribution in [0.3, 0.4) is 0 Å². The van der Waals surface area contributed by atoms with Gasteiger partial charge in [0.2, 0.25) is 0 Å². The highest BCUT2D eigenvalue weighted by atomic mass is 35.5. The van der Waals surface area contributed by atoms with Crippen molar-refractivity contribution in [3.63, 3.8) is 0 Å². The summed E-state index contributed by atoms with van der Waals surface area (Å²) in [5.74, 6) is 0.673. The first kappa shape index (κ1) is 15.1. The topological polar surface area (TPSA) is 32.7 Å². The molecule has 116 valence electrons. The molecule has 0 atom stereocenters. The summed E-state index contributed by atoms with van der Waals surface area (Å²) in [6, 6.07) is 6.49. The fraction of sp³-hybridized carbons (Fsp3) is 0.647. The lowest BCUT2D eigenvalue weighted by molar-refractivity contribution is -0.0653. The number of rotatable bonds is 4. The van der Waals surface area contributed by atoms with Gasteiger partial charge in [-0.1, -0.05) is 24.1 Å². The predicted octanol–water partition coefficient (Wildman–Crippen LogP) is 3.41. The number of piperidine rings is 1. The number of aryl methyl sites for hydroxylation is 1. The van der Waals surface area contributed by atoms with Crippen LogP contribution in [-0.4, -0.2) is 41.3 Å². The lowest BCUT2D eigenvalue weighted by Gasteiger charge is -2.44. The highest BCUT2D eigenvalue weighted by Crippen LogP contribution is 2.32. The van der Waals surface area contributed by atoms with Crippen molar-refractivity contribution < 1.29 is 9.84 Å². The van der Waals surface area contributed by atoms with Crippen LogP contribution in [0.2, 0.25) is 5.02 Å². The molecule has 21 heavy (non-hydrogen) atoms. The Balaban J connectivity index is 1.54.